The van der Waals surface area contributed by atoms with Gasteiger partial charge in [-0.3, -0.25) is 9.59 Å². The second-order valence-electron chi connectivity index (χ2n) is 7.17. The molecule has 0 aliphatic heterocycles. The van der Waals surface area contributed by atoms with Crippen LogP contribution in [0, 0.1) is 11.8 Å². The minimum Gasteiger partial charge on any atom is -0.469 e. The molecule has 0 saturated carbocycles. The topological polar surface area (TPSA) is 64.6 Å². The van der Waals surface area contributed by atoms with Gasteiger partial charge in [0.05, 0.1) is 13.0 Å². The summed E-state index contributed by atoms with van der Waals surface area (Å²) in [5, 5.41) is 2.87. The standard InChI is InChI=1S/C22H25NO4/c1-14(2)21(24)23-18-5-4-6-19(13-18)27-20-10-9-15-7-8-16(22(25)26-3)11-17(15)12-20/h4-6,9-10,12-14,16H,7-8,11H2,1-3H3,(H,23,24). The number of carbonyl (C=O) groups excluding carboxylic acids is 2. The van der Waals surface area contributed by atoms with Gasteiger partial charge in [-0.2, -0.15) is 0 Å². The van der Waals surface area contributed by atoms with Crippen molar-refractivity contribution in [2.75, 3.05) is 12.4 Å². The first-order chi connectivity index (χ1) is 13.0. The van der Waals surface area contributed by atoms with Gasteiger partial charge in [0, 0.05) is 17.7 Å². The first-order valence-corrected chi connectivity index (χ1v) is 9.24. The van der Waals surface area contributed by atoms with E-state index in [9.17, 15) is 9.59 Å². The molecule has 3 rings (SSSR count). The molecular weight excluding hydrogens is 342 g/mol. The molecule has 1 N–H and O–H groups in total. The monoisotopic (exact) mass is 367 g/mol. The zero-order chi connectivity index (χ0) is 19.4. The van der Waals surface area contributed by atoms with Crippen LogP contribution < -0.4 is 10.1 Å². The van der Waals surface area contributed by atoms with Gasteiger partial charge in [-0.25, -0.2) is 0 Å². The van der Waals surface area contributed by atoms with E-state index in [1.807, 2.05) is 44.2 Å². The fraction of sp³-hybridized carbons (Fsp3) is 0.364. The summed E-state index contributed by atoms with van der Waals surface area (Å²) in [6, 6.07) is 13.3. The van der Waals surface area contributed by atoms with Crippen LogP contribution in [0.3, 0.4) is 0 Å². The molecule has 0 spiro atoms. The second kappa shape index (κ2) is 8.25. The lowest BCUT2D eigenvalue weighted by Gasteiger charge is -2.23. The normalized spacial score (nSPS) is 15.8. The van der Waals surface area contributed by atoms with Gasteiger partial charge in [0.2, 0.25) is 5.91 Å². The van der Waals surface area contributed by atoms with Gasteiger partial charge in [-0.05, 0) is 54.7 Å². The highest BCUT2D eigenvalue weighted by Gasteiger charge is 2.25. The lowest BCUT2D eigenvalue weighted by Crippen LogP contribution is -2.23. The minimum absolute atomic E-state index is 0.0326. The van der Waals surface area contributed by atoms with Crippen LogP contribution in [0.2, 0.25) is 0 Å². The molecule has 5 heteroatoms. The van der Waals surface area contributed by atoms with Crippen LogP contribution in [-0.2, 0) is 27.2 Å². The summed E-state index contributed by atoms with van der Waals surface area (Å²) in [5.41, 5.74) is 3.08. The maximum Gasteiger partial charge on any atom is 0.309 e. The van der Waals surface area contributed by atoms with Crippen molar-refractivity contribution in [1.82, 2.24) is 0 Å². The average Bonchev–Trinajstić information content (AvgIpc) is 2.67. The van der Waals surface area contributed by atoms with Gasteiger partial charge >= 0.3 is 5.97 Å². The Morgan fingerprint density at radius 2 is 1.85 bits per heavy atom. The largest absolute Gasteiger partial charge is 0.469 e. The molecule has 5 nitrogen and oxygen atoms in total. The Hall–Kier alpha value is -2.82. The van der Waals surface area contributed by atoms with E-state index in [1.54, 1.807) is 6.07 Å². The Bertz CT molecular complexity index is 844. The molecule has 0 radical (unpaired) electrons. The van der Waals surface area contributed by atoms with Gasteiger partial charge < -0.3 is 14.8 Å². The number of ether oxygens (including phenoxy) is 2. The number of esters is 1. The number of benzene rings is 2. The summed E-state index contributed by atoms with van der Waals surface area (Å²) in [4.78, 5) is 23.7. The molecule has 0 aromatic heterocycles. The lowest BCUT2D eigenvalue weighted by atomic mass is 9.84. The van der Waals surface area contributed by atoms with Crippen LogP contribution in [0.4, 0.5) is 5.69 Å². The first kappa shape index (κ1) is 19.0. The summed E-state index contributed by atoms with van der Waals surface area (Å²) in [6.45, 7) is 3.70. The summed E-state index contributed by atoms with van der Waals surface area (Å²) < 4.78 is 10.9. The molecular formula is C22H25NO4. The number of amides is 1. The number of methoxy groups -OCH3 is 1. The molecule has 0 fully saturated rings. The maximum absolute atomic E-state index is 11.9. The molecule has 2 aromatic rings. The predicted molar refractivity (Wildman–Crippen MR) is 104 cm³/mol. The lowest BCUT2D eigenvalue weighted by molar-refractivity contribution is -0.145. The van der Waals surface area contributed by atoms with Crippen molar-refractivity contribution >= 4 is 17.6 Å². The van der Waals surface area contributed by atoms with E-state index in [0.717, 1.165) is 18.4 Å². The van der Waals surface area contributed by atoms with Crippen molar-refractivity contribution in [1.29, 1.82) is 0 Å². The molecule has 0 heterocycles. The van der Waals surface area contributed by atoms with E-state index in [1.165, 1.54) is 12.7 Å². The average molecular weight is 367 g/mol. The summed E-state index contributed by atoms with van der Waals surface area (Å²) in [7, 11) is 1.43. The van der Waals surface area contributed by atoms with Crippen molar-refractivity contribution in [3.8, 4) is 11.5 Å². The molecule has 1 atom stereocenters. The van der Waals surface area contributed by atoms with Gasteiger partial charge in [-0.1, -0.05) is 26.0 Å². The third-order valence-corrected chi connectivity index (χ3v) is 4.80. The first-order valence-electron chi connectivity index (χ1n) is 9.24. The Kier molecular flexibility index (Phi) is 5.79. The quantitative estimate of drug-likeness (QED) is 0.798. The van der Waals surface area contributed by atoms with Crippen LogP contribution in [0.25, 0.3) is 0 Å². The molecule has 1 aliphatic rings. The molecule has 2 aromatic carbocycles. The van der Waals surface area contributed by atoms with Gasteiger partial charge in [0.1, 0.15) is 11.5 Å². The van der Waals surface area contributed by atoms with E-state index in [2.05, 4.69) is 11.4 Å². The van der Waals surface area contributed by atoms with Crippen LogP contribution in [0.1, 0.15) is 31.4 Å². The molecule has 0 bridgehead atoms. The molecule has 1 unspecified atom stereocenters. The number of hydrogen-bond donors (Lipinski definition) is 1. The van der Waals surface area contributed by atoms with Crippen molar-refractivity contribution in [2.24, 2.45) is 11.8 Å². The highest BCUT2D eigenvalue weighted by atomic mass is 16.5. The number of fused-ring (bicyclic) bond motifs is 1. The van der Waals surface area contributed by atoms with Crippen molar-refractivity contribution in [3.63, 3.8) is 0 Å². The number of nitrogens with one attached hydrogen (secondary N) is 1. The van der Waals surface area contributed by atoms with E-state index >= 15 is 0 Å². The van der Waals surface area contributed by atoms with Crippen molar-refractivity contribution < 1.29 is 19.1 Å². The number of hydrogen-bond acceptors (Lipinski definition) is 4. The third kappa shape index (κ3) is 4.67. The van der Waals surface area contributed by atoms with Crippen LogP contribution >= 0.6 is 0 Å². The number of rotatable bonds is 5. The van der Waals surface area contributed by atoms with Crippen molar-refractivity contribution in [2.45, 2.75) is 33.1 Å². The number of anilines is 1. The van der Waals surface area contributed by atoms with E-state index in [0.29, 0.717) is 23.6 Å². The Morgan fingerprint density at radius 1 is 1.07 bits per heavy atom. The fourth-order valence-electron chi connectivity index (χ4n) is 3.22. The van der Waals surface area contributed by atoms with Gasteiger partial charge in [0.25, 0.3) is 0 Å². The van der Waals surface area contributed by atoms with E-state index in [-0.39, 0.29) is 23.7 Å². The maximum atomic E-state index is 11.9. The SMILES string of the molecule is COC(=O)C1CCc2ccc(Oc3cccc(NC(=O)C(C)C)c3)cc2C1. The van der Waals surface area contributed by atoms with Crippen LogP contribution in [0.15, 0.2) is 42.5 Å². The fourth-order valence-corrected chi connectivity index (χ4v) is 3.22. The third-order valence-electron chi connectivity index (χ3n) is 4.80. The van der Waals surface area contributed by atoms with Crippen molar-refractivity contribution in [3.05, 3.63) is 53.6 Å². The molecule has 0 saturated heterocycles. The van der Waals surface area contributed by atoms with Crippen LogP contribution in [0.5, 0.6) is 11.5 Å². The summed E-state index contributed by atoms with van der Waals surface area (Å²) in [6.07, 6.45) is 2.35. The van der Waals surface area contributed by atoms with E-state index in [4.69, 9.17) is 9.47 Å². The van der Waals surface area contributed by atoms with Gasteiger partial charge in [0.15, 0.2) is 0 Å². The number of aryl methyl sites for hydroxylation is 1. The molecule has 1 amide bonds. The second-order valence-corrected chi connectivity index (χ2v) is 7.17. The van der Waals surface area contributed by atoms with E-state index < -0.39 is 0 Å². The predicted octanol–water partition coefficient (Wildman–Crippen LogP) is 4.35. The Balaban J connectivity index is 1.73. The molecule has 1 aliphatic carbocycles. The highest BCUT2D eigenvalue weighted by Crippen LogP contribution is 2.31. The smallest absolute Gasteiger partial charge is 0.309 e. The molecule has 142 valence electrons. The minimum atomic E-state index is -0.152. The zero-order valence-electron chi connectivity index (χ0n) is 16.0. The molecule has 27 heavy (non-hydrogen) atoms. The summed E-state index contributed by atoms with van der Waals surface area (Å²) >= 11 is 0. The Labute approximate surface area is 159 Å². The number of carbonyl (C=O) groups is 2. The van der Waals surface area contributed by atoms with Gasteiger partial charge in [-0.15, -0.1) is 0 Å². The van der Waals surface area contributed by atoms with Crippen LogP contribution in [-0.4, -0.2) is 19.0 Å². The Morgan fingerprint density at radius 3 is 2.59 bits per heavy atom. The zero-order valence-corrected chi connectivity index (χ0v) is 16.0. The highest BCUT2D eigenvalue weighted by molar-refractivity contribution is 5.92. The summed E-state index contributed by atoms with van der Waals surface area (Å²) in [5.74, 6) is 1.00.